The highest BCUT2D eigenvalue weighted by atomic mass is 16.1. The maximum absolute atomic E-state index is 11.6. The normalized spacial score (nSPS) is 10.7. The lowest BCUT2D eigenvalue weighted by molar-refractivity contribution is 0.0956. The van der Waals surface area contributed by atoms with Crippen molar-refractivity contribution in [3.63, 3.8) is 0 Å². The predicted molar refractivity (Wildman–Crippen MR) is 63.5 cm³/mol. The summed E-state index contributed by atoms with van der Waals surface area (Å²) in [5, 5.41) is 2.77. The van der Waals surface area contributed by atoms with E-state index >= 15 is 0 Å². The van der Waals surface area contributed by atoms with Crippen LogP contribution in [0.25, 0.3) is 11.0 Å². The van der Waals surface area contributed by atoms with Crippen molar-refractivity contribution < 1.29 is 4.79 Å². The number of aromatic nitrogens is 2. The lowest BCUT2D eigenvalue weighted by Gasteiger charge is -2.02. The first-order valence-corrected chi connectivity index (χ1v) is 5.34. The third kappa shape index (κ3) is 1.66. The molecule has 1 aromatic carbocycles. The van der Waals surface area contributed by atoms with Gasteiger partial charge < -0.3 is 9.88 Å². The highest BCUT2D eigenvalue weighted by Gasteiger charge is 2.08. The topological polar surface area (TPSA) is 46.9 Å². The first-order chi connectivity index (χ1) is 7.63. The van der Waals surface area contributed by atoms with Gasteiger partial charge in [0.05, 0.1) is 11.0 Å². The second-order valence-electron chi connectivity index (χ2n) is 3.78. The van der Waals surface area contributed by atoms with Gasteiger partial charge >= 0.3 is 0 Å². The van der Waals surface area contributed by atoms with Crippen LogP contribution in [0.4, 0.5) is 0 Å². The van der Waals surface area contributed by atoms with E-state index in [1.165, 1.54) is 0 Å². The van der Waals surface area contributed by atoms with Crippen LogP contribution in [0, 0.1) is 6.92 Å². The lowest BCUT2D eigenvalue weighted by Crippen LogP contribution is -2.22. The minimum atomic E-state index is -0.0484. The van der Waals surface area contributed by atoms with Crippen LogP contribution in [0.5, 0.6) is 0 Å². The molecule has 0 saturated carbocycles. The van der Waals surface area contributed by atoms with Gasteiger partial charge in [0, 0.05) is 19.2 Å². The summed E-state index contributed by atoms with van der Waals surface area (Å²) < 4.78 is 2.01. The maximum Gasteiger partial charge on any atom is 0.251 e. The number of carbonyl (C=O) groups is 1. The summed E-state index contributed by atoms with van der Waals surface area (Å²) in [5.74, 6) is 0.899. The molecule has 0 bridgehead atoms. The van der Waals surface area contributed by atoms with Gasteiger partial charge in [-0.2, -0.15) is 0 Å². The first kappa shape index (κ1) is 10.7. The number of benzene rings is 1. The molecule has 0 aliphatic rings. The Hall–Kier alpha value is -1.84. The Balaban J connectivity index is 2.48. The first-order valence-electron chi connectivity index (χ1n) is 5.34. The molecule has 16 heavy (non-hydrogen) atoms. The summed E-state index contributed by atoms with van der Waals surface area (Å²) in [6.07, 6.45) is 0. The zero-order chi connectivity index (χ0) is 11.7. The summed E-state index contributed by atoms with van der Waals surface area (Å²) in [7, 11) is 1.97. The second-order valence-corrected chi connectivity index (χ2v) is 3.78. The van der Waals surface area contributed by atoms with Crippen molar-refractivity contribution in [2.75, 3.05) is 6.54 Å². The Morgan fingerprint density at radius 2 is 2.25 bits per heavy atom. The molecule has 84 valence electrons. The highest BCUT2D eigenvalue weighted by molar-refractivity contribution is 5.97. The molecule has 1 heterocycles. The van der Waals surface area contributed by atoms with E-state index < -0.39 is 0 Å². The number of imidazole rings is 1. The fourth-order valence-electron chi connectivity index (χ4n) is 1.72. The van der Waals surface area contributed by atoms with Gasteiger partial charge in [0.1, 0.15) is 5.82 Å². The third-order valence-corrected chi connectivity index (χ3v) is 2.70. The van der Waals surface area contributed by atoms with Gasteiger partial charge in [0.25, 0.3) is 5.91 Å². The van der Waals surface area contributed by atoms with E-state index in [4.69, 9.17) is 0 Å². The number of rotatable bonds is 2. The van der Waals surface area contributed by atoms with E-state index in [-0.39, 0.29) is 5.91 Å². The Kier molecular flexibility index (Phi) is 2.64. The molecular weight excluding hydrogens is 202 g/mol. The van der Waals surface area contributed by atoms with Gasteiger partial charge in [0.2, 0.25) is 0 Å². The minimum absolute atomic E-state index is 0.0484. The van der Waals surface area contributed by atoms with Crippen LogP contribution in [0.3, 0.4) is 0 Å². The van der Waals surface area contributed by atoms with E-state index in [1.807, 2.05) is 43.7 Å². The molecule has 0 aliphatic heterocycles. The molecule has 0 radical (unpaired) electrons. The smallest absolute Gasteiger partial charge is 0.251 e. The number of nitrogens with one attached hydrogen (secondary N) is 1. The van der Waals surface area contributed by atoms with E-state index in [0.717, 1.165) is 16.9 Å². The second kappa shape index (κ2) is 3.96. The zero-order valence-electron chi connectivity index (χ0n) is 9.74. The molecule has 1 amide bonds. The Bertz CT molecular complexity index is 542. The van der Waals surface area contributed by atoms with Crippen LogP contribution in [0.15, 0.2) is 18.2 Å². The van der Waals surface area contributed by atoms with Gasteiger partial charge in [-0.1, -0.05) is 0 Å². The maximum atomic E-state index is 11.6. The molecule has 0 fully saturated rings. The molecule has 2 rings (SSSR count). The van der Waals surface area contributed by atoms with E-state index in [9.17, 15) is 4.79 Å². The third-order valence-electron chi connectivity index (χ3n) is 2.70. The SMILES string of the molecule is CCNC(=O)c1ccc2c(c1)nc(C)n2C. The summed E-state index contributed by atoms with van der Waals surface area (Å²) >= 11 is 0. The molecular formula is C12H15N3O. The molecule has 4 heteroatoms. The van der Waals surface area contributed by atoms with Crippen molar-refractivity contribution in [1.82, 2.24) is 14.9 Å². The van der Waals surface area contributed by atoms with Gasteiger partial charge in [-0.05, 0) is 32.0 Å². The summed E-state index contributed by atoms with van der Waals surface area (Å²) in [5.41, 5.74) is 2.57. The highest BCUT2D eigenvalue weighted by Crippen LogP contribution is 2.16. The van der Waals surface area contributed by atoms with Crippen molar-refractivity contribution in [2.45, 2.75) is 13.8 Å². The molecule has 4 nitrogen and oxygen atoms in total. The van der Waals surface area contributed by atoms with Gasteiger partial charge in [-0.25, -0.2) is 4.98 Å². The van der Waals surface area contributed by atoms with Gasteiger partial charge in [0.15, 0.2) is 0 Å². The van der Waals surface area contributed by atoms with Crippen LogP contribution in [-0.4, -0.2) is 22.0 Å². The summed E-state index contributed by atoms with van der Waals surface area (Å²) in [6, 6.07) is 5.58. The van der Waals surface area contributed by atoms with E-state index in [2.05, 4.69) is 10.3 Å². The average molecular weight is 217 g/mol. The average Bonchev–Trinajstić information content (AvgIpc) is 2.55. The number of aryl methyl sites for hydroxylation is 2. The fraction of sp³-hybridized carbons (Fsp3) is 0.333. The van der Waals surface area contributed by atoms with Crippen LogP contribution < -0.4 is 5.32 Å². The van der Waals surface area contributed by atoms with Crippen molar-refractivity contribution in [2.24, 2.45) is 7.05 Å². The van der Waals surface area contributed by atoms with Crippen molar-refractivity contribution >= 4 is 16.9 Å². The molecule has 1 N–H and O–H groups in total. The molecule has 2 aromatic rings. The molecule has 0 atom stereocenters. The minimum Gasteiger partial charge on any atom is -0.352 e. The van der Waals surface area contributed by atoms with Crippen molar-refractivity contribution in [3.8, 4) is 0 Å². The number of amides is 1. The molecule has 0 unspecified atom stereocenters. The Labute approximate surface area is 94.3 Å². The quantitative estimate of drug-likeness (QED) is 0.831. The van der Waals surface area contributed by atoms with Crippen LogP contribution in [0.1, 0.15) is 23.1 Å². The van der Waals surface area contributed by atoms with Gasteiger partial charge in [-0.15, -0.1) is 0 Å². The van der Waals surface area contributed by atoms with Crippen molar-refractivity contribution in [1.29, 1.82) is 0 Å². The predicted octanol–water partition coefficient (Wildman–Crippen LogP) is 1.63. The van der Waals surface area contributed by atoms with Crippen molar-refractivity contribution in [3.05, 3.63) is 29.6 Å². The number of carbonyl (C=O) groups excluding carboxylic acids is 1. The molecule has 0 saturated heterocycles. The standard InChI is InChI=1S/C12H15N3O/c1-4-13-12(16)9-5-6-11-10(7-9)14-8(2)15(11)3/h5-7H,4H2,1-3H3,(H,13,16). The van der Waals surface area contributed by atoms with E-state index in [1.54, 1.807) is 0 Å². The van der Waals surface area contributed by atoms with Gasteiger partial charge in [-0.3, -0.25) is 4.79 Å². The Morgan fingerprint density at radius 1 is 1.50 bits per heavy atom. The largest absolute Gasteiger partial charge is 0.352 e. The Morgan fingerprint density at radius 3 is 2.94 bits per heavy atom. The van der Waals surface area contributed by atoms with Crippen LogP contribution in [-0.2, 0) is 7.05 Å². The van der Waals surface area contributed by atoms with Crippen LogP contribution in [0.2, 0.25) is 0 Å². The van der Waals surface area contributed by atoms with Crippen LogP contribution >= 0.6 is 0 Å². The monoisotopic (exact) mass is 217 g/mol. The number of fused-ring (bicyclic) bond motifs is 1. The summed E-state index contributed by atoms with van der Waals surface area (Å²) in [4.78, 5) is 16.0. The number of nitrogens with zero attached hydrogens (tertiary/aromatic N) is 2. The fourth-order valence-corrected chi connectivity index (χ4v) is 1.72. The number of hydrogen-bond donors (Lipinski definition) is 1. The van der Waals surface area contributed by atoms with E-state index in [0.29, 0.717) is 12.1 Å². The molecule has 0 spiro atoms. The zero-order valence-corrected chi connectivity index (χ0v) is 9.74. The molecule has 1 aromatic heterocycles. The lowest BCUT2D eigenvalue weighted by atomic mass is 10.2. The molecule has 0 aliphatic carbocycles. The summed E-state index contributed by atoms with van der Waals surface area (Å²) in [6.45, 7) is 4.49. The number of hydrogen-bond acceptors (Lipinski definition) is 2.